The Balaban J connectivity index is 1.49. The van der Waals surface area contributed by atoms with Crippen molar-refractivity contribution in [3.05, 3.63) is 60.0 Å². The molecule has 3 aromatic rings. The second kappa shape index (κ2) is 7.73. The molecule has 0 bridgehead atoms. The van der Waals surface area contributed by atoms with Crippen molar-refractivity contribution in [3.8, 4) is 0 Å². The van der Waals surface area contributed by atoms with Gasteiger partial charge in [0, 0.05) is 55.7 Å². The smallest absolute Gasteiger partial charge is 0.191 e. The van der Waals surface area contributed by atoms with E-state index in [1.807, 2.05) is 19.2 Å². The van der Waals surface area contributed by atoms with Gasteiger partial charge in [0.15, 0.2) is 5.96 Å². The summed E-state index contributed by atoms with van der Waals surface area (Å²) < 4.78 is 2.15. The van der Waals surface area contributed by atoms with Gasteiger partial charge >= 0.3 is 0 Å². The number of hydrogen-bond donors (Lipinski definition) is 3. The highest BCUT2D eigenvalue weighted by Crippen LogP contribution is 2.21. The van der Waals surface area contributed by atoms with E-state index in [2.05, 4.69) is 68.8 Å². The summed E-state index contributed by atoms with van der Waals surface area (Å²) in [6.07, 6.45) is 5.10. The number of guanidine groups is 1. The van der Waals surface area contributed by atoms with E-state index in [1.165, 1.54) is 22.2 Å². The molecule has 0 unspecified atom stereocenters. The zero-order chi connectivity index (χ0) is 16.8. The number of benzene rings is 1. The standard InChI is InChI=1S/C19H25N5/c1-15-16(17-7-3-4-8-18(17)23-15)9-10-21-19(20-2)22-11-14-24-12-5-6-13-24/h3-8,12-13,23H,9-11,14H2,1-2H3,(H2,20,21,22). The molecule has 0 atom stereocenters. The fourth-order valence-corrected chi connectivity index (χ4v) is 3.01. The molecule has 0 spiro atoms. The Bertz CT molecular complexity index is 798. The number of nitrogens with one attached hydrogen (secondary N) is 3. The van der Waals surface area contributed by atoms with Crippen LogP contribution >= 0.6 is 0 Å². The number of aromatic nitrogens is 2. The highest BCUT2D eigenvalue weighted by atomic mass is 15.2. The van der Waals surface area contributed by atoms with Crippen molar-refractivity contribution < 1.29 is 0 Å². The molecule has 3 N–H and O–H groups in total. The van der Waals surface area contributed by atoms with Crippen LogP contribution in [0.25, 0.3) is 10.9 Å². The molecular formula is C19H25N5. The van der Waals surface area contributed by atoms with Crippen molar-refractivity contribution in [1.82, 2.24) is 20.2 Å². The van der Waals surface area contributed by atoms with E-state index >= 15 is 0 Å². The van der Waals surface area contributed by atoms with Crippen LogP contribution in [0.1, 0.15) is 11.3 Å². The van der Waals surface area contributed by atoms with Gasteiger partial charge in [-0.2, -0.15) is 0 Å². The van der Waals surface area contributed by atoms with Crippen LogP contribution in [0.4, 0.5) is 0 Å². The molecule has 0 fully saturated rings. The molecule has 2 heterocycles. The van der Waals surface area contributed by atoms with Crippen molar-refractivity contribution in [2.24, 2.45) is 4.99 Å². The zero-order valence-electron chi connectivity index (χ0n) is 14.3. The number of aryl methyl sites for hydroxylation is 1. The number of nitrogens with zero attached hydrogens (tertiary/aromatic N) is 2. The Morgan fingerprint density at radius 3 is 2.62 bits per heavy atom. The molecule has 0 radical (unpaired) electrons. The van der Waals surface area contributed by atoms with Gasteiger partial charge in [0.25, 0.3) is 0 Å². The first-order valence-electron chi connectivity index (χ1n) is 8.39. The van der Waals surface area contributed by atoms with E-state index in [1.54, 1.807) is 0 Å². The third-order valence-electron chi connectivity index (χ3n) is 4.25. The van der Waals surface area contributed by atoms with Gasteiger partial charge in [0.1, 0.15) is 0 Å². The van der Waals surface area contributed by atoms with E-state index in [4.69, 9.17) is 0 Å². The van der Waals surface area contributed by atoms with E-state index < -0.39 is 0 Å². The Morgan fingerprint density at radius 2 is 1.83 bits per heavy atom. The quantitative estimate of drug-likeness (QED) is 0.482. The minimum atomic E-state index is 0.847. The Kier molecular flexibility index (Phi) is 5.21. The first-order chi connectivity index (χ1) is 11.8. The largest absolute Gasteiger partial charge is 0.358 e. The van der Waals surface area contributed by atoms with Crippen LogP contribution in [0.3, 0.4) is 0 Å². The second-order valence-corrected chi connectivity index (χ2v) is 5.87. The molecule has 5 nitrogen and oxygen atoms in total. The minimum Gasteiger partial charge on any atom is -0.358 e. The van der Waals surface area contributed by atoms with Crippen LogP contribution in [0.15, 0.2) is 53.8 Å². The first kappa shape index (κ1) is 16.2. The SMILES string of the molecule is CN=C(NCCc1c(C)[nH]c2ccccc12)NCCn1cccc1. The van der Waals surface area contributed by atoms with Gasteiger partial charge in [0.05, 0.1) is 0 Å². The molecule has 126 valence electrons. The number of fused-ring (bicyclic) bond motifs is 1. The molecular weight excluding hydrogens is 298 g/mol. The van der Waals surface area contributed by atoms with Crippen molar-refractivity contribution >= 4 is 16.9 Å². The minimum absolute atomic E-state index is 0.847. The third kappa shape index (κ3) is 3.79. The maximum atomic E-state index is 4.29. The number of aliphatic imine (C=N–C) groups is 1. The summed E-state index contributed by atoms with van der Waals surface area (Å²) >= 11 is 0. The summed E-state index contributed by atoms with van der Waals surface area (Å²) in [5.41, 5.74) is 3.83. The van der Waals surface area contributed by atoms with Crippen molar-refractivity contribution in [2.45, 2.75) is 19.9 Å². The van der Waals surface area contributed by atoms with Crippen LogP contribution < -0.4 is 10.6 Å². The highest BCUT2D eigenvalue weighted by molar-refractivity contribution is 5.84. The number of aromatic amines is 1. The molecule has 0 aliphatic rings. The molecule has 5 heteroatoms. The van der Waals surface area contributed by atoms with Gasteiger partial charge in [-0.3, -0.25) is 4.99 Å². The van der Waals surface area contributed by atoms with E-state index in [9.17, 15) is 0 Å². The predicted octanol–water partition coefficient (Wildman–Crippen LogP) is 2.69. The molecule has 0 aliphatic heterocycles. The lowest BCUT2D eigenvalue weighted by molar-refractivity contribution is 0.665. The predicted molar refractivity (Wildman–Crippen MR) is 101 cm³/mol. The number of H-pyrrole nitrogens is 1. The summed E-state index contributed by atoms with van der Waals surface area (Å²) in [4.78, 5) is 7.74. The second-order valence-electron chi connectivity index (χ2n) is 5.87. The molecule has 0 amide bonds. The Morgan fingerprint density at radius 1 is 1.08 bits per heavy atom. The number of rotatable bonds is 6. The molecule has 2 aromatic heterocycles. The zero-order valence-corrected chi connectivity index (χ0v) is 14.3. The Hall–Kier alpha value is -2.69. The molecule has 0 saturated heterocycles. The lowest BCUT2D eigenvalue weighted by Gasteiger charge is -2.12. The van der Waals surface area contributed by atoms with Crippen LogP contribution in [0.5, 0.6) is 0 Å². The topological polar surface area (TPSA) is 57.1 Å². The summed E-state index contributed by atoms with van der Waals surface area (Å²) in [7, 11) is 1.81. The highest BCUT2D eigenvalue weighted by Gasteiger charge is 2.07. The van der Waals surface area contributed by atoms with Crippen molar-refractivity contribution in [3.63, 3.8) is 0 Å². The molecule has 1 aromatic carbocycles. The van der Waals surface area contributed by atoms with Gasteiger partial charge < -0.3 is 20.2 Å². The van der Waals surface area contributed by atoms with Gasteiger partial charge in [-0.15, -0.1) is 0 Å². The molecule has 0 saturated carbocycles. The summed E-state index contributed by atoms with van der Waals surface area (Å²) in [6.45, 7) is 4.76. The maximum Gasteiger partial charge on any atom is 0.191 e. The number of para-hydroxylation sites is 1. The van der Waals surface area contributed by atoms with E-state index in [0.717, 1.165) is 32.0 Å². The van der Waals surface area contributed by atoms with Crippen LogP contribution in [-0.2, 0) is 13.0 Å². The molecule has 0 aliphatic carbocycles. The van der Waals surface area contributed by atoms with E-state index in [-0.39, 0.29) is 0 Å². The van der Waals surface area contributed by atoms with Gasteiger partial charge in [-0.25, -0.2) is 0 Å². The first-order valence-corrected chi connectivity index (χ1v) is 8.39. The van der Waals surface area contributed by atoms with Crippen LogP contribution in [0.2, 0.25) is 0 Å². The summed E-state index contributed by atoms with van der Waals surface area (Å²) in [5.74, 6) is 0.847. The molecule has 24 heavy (non-hydrogen) atoms. The van der Waals surface area contributed by atoms with E-state index in [0.29, 0.717) is 0 Å². The fourth-order valence-electron chi connectivity index (χ4n) is 3.01. The average molecular weight is 323 g/mol. The van der Waals surface area contributed by atoms with Crippen LogP contribution in [-0.4, -0.2) is 35.6 Å². The monoisotopic (exact) mass is 323 g/mol. The Labute approximate surface area is 142 Å². The third-order valence-corrected chi connectivity index (χ3v) is 4.25. The van der Waals surface area contributed by atoms with Gasteiger partial charge in [-0.05, 0) is 37.1 Å². The molecule has 3 rings (SSSR count). The lowest BCUT2D eigenvalue weighted by atomic mass is 10.1. The maximum absolute atomic E-state index is 4.29. The van der Waals surface area contributed by atoms with Crippen molar-refractivity contribution in [2.75, 3.05) is 20.1 Å². The fraction of sp³-hybridized carbons (Fsp3) is 0.316. The average Bonchev–Trinajstić information content (AvgIpc) is 3.21. The van der Waals surface area contributed by atoms with Crippen LogP contribution in [0, 0.1) is 6.92 Å². The van der Waals surface area contributed by atoms with Crippen molar-refractivity contribution in [1.29, 1.82) is 0 Å². The lowest BCUT2D eigenvalue weighted by Crippen LogP contribution is -2.39. The number of hydrogen-bond acceptors (Lipinski definition) is 1. The summed E-state index contributed by atoms with van der Waals surface area (Å²) in [5, 5.41) is 8.06. The summed E-state index contributed by atoms with van der Waals surface area (Å²) in [6, 6.07) is 12.5. The normalized spacial score (nSPS) is 11.8. The van der Waals surface area contributed by atoms with Gasteiger partial charge in [0.2, 0.25) is 0 Å². The van der Waals surface area contributed by atoms with Gasteiger partial charge in [-0.1, -0.05) is 18.2 Å².